The predicted molar refractivity (Wildman–Crippen MR) is 141 cm³/mol. The Morgan fingerprint density at radius 1 is 0.520 bits per heavy atom. The molecular formula is C18H26F12N6O10S4. The summed E-state index contributed by atoms with van der Waals surface area (Å²) in [7, 11) is -19.5. The first-order chi connectivity index (χ1) is 21.9. The summed E-state index contributed by atoms with van der Waals surface area (Å²) < 4.78 is 237. The zero-order chi connectivity index (χ0) is 40.5. The van der Waals surface area contributed by atoms with Gasteiger partial charge in [0, 0.05) is 28.1 Å². The van der Waals surface area contributed by atoms with Gasteiger partial charge in [0.25, 0.3) is 0 Å². The van der Waals surface area contributed by atoms with E-state index < -0.39 is 62.1 Å². The van der Waals surface area contributed by atoms with Crippen molar-refractivity contribution in [3.63, 3.8) is 0 Å². The Hall–Kier alpha value is -2.78. The Labute approximate surface area is 276 Å². The summed E-state index contributed by atoms with van der Waals surface area (Å²) in [4.78, 5) is 0. The summed E-state index contributed by atoms with van der Waals surface area (Å²) in [6, 6.07) is 0. The van der Waals surface area contributed by atoms with Gasteiger partial charge in [0.15, 0.2) is 52.5 Å². The van der Waals surface area contributed by atoms with E-state index in [1.807, 2.05) is 83.7 Å². The van der Waals surface area contributed by atoms with E-state index in [0.29, 0.717) is 0 Å². The minimum atomic E-state index is -6.72. The van der Waals surface area contributed by atoms with Crippen molar-refractivity contribution >= 4 is 40.1 Å². The maximum absolute atomic E-state index is 11.4. The van der Waals surface area contributed by atoms with Gasteiger partial charge < -0.3 is 17.7 Å². The molecule has 16 nitrogen and oxygen atoms in total. The van der Waals surface area contributed by atoms with Crippen LogP contribution in [0.5, 0.6) is 0 Å². The summed E-state index contributed by atoms with van der Waals surface area (Å²) in [5.41, 5.74) is -24.8. The average molecular weight is 843 g/mol. The van der Waals surface area contributed by atoms with E-state index in [4.69, 9.17) is 9.47 Å². The molecule has 2 atom stereocenters. The van der Waals surface area contributed by atoms with Crippen molar-refractivity contribution in [2.24, 2.45) is 14.1 Å². The van der Waals surface area contributed by atoms with Crippen LogP contribution in [0.15, 0.2) is 37.4 Å². The van der Waals surface area contributed by atoms with Crippen molar-refractivity contribution in [2.45, 2.75) is 48.3 Å². The third kappa shape index (κ3) is 15.6. The third-order valence-corrected chi connectivity index (χ3v) is 10.1. The molecule has 0 saturated heterocycles. The van der Waals surface area contributed by atoms with Crippen LogP contribution in [0.2, 0.25) is 0 Å². The molecular weight excluding hydrogens is 816 g/mol. The molecule has 0 aliphatic carbocycles. The zero-order valence-electron chi connectivity index (χ0n) is 25.6. The van der Waals surface area contributed by atoms with E-state index in [1.54, 1.807) is 14.2 Å². The molecule has 2 aromatic heterocycles. The van der Waals surface area contributed by atoms with Gasteiger partial charge in [-0.2, -0.15) is 52.7 Å². The molecule has 296 valence electrons. The fourth-order valence-corrected chi connectivity index (χ4v) is 5.46. The van der Waals surface area contributed by atoms with E-state index >= 15 is 0 Å². The van der Waals surface area contributed by atoms with Crippen molar-refractivity contribution in [3.8, 4) is 0 Å². The van der Waals surface area contributed by atoms with E-state index in [-0.39, 0.29) is 12.5 Å². The number of nitrogens with zero attached hydrogens (tertiary/aromatic N) is 6. The van der Waals surface area contributed by atoms with E-state index in [2.05, 4.69) is 0 Å². The Bertz CT molecular complexity index is 1590. The summed E-state index contributed by atoms with van der Waals surface area (Å²) >= 11 is 0. The lowest BCUT2D eigenvalue weighted by Gasteiger charge is -2.22. The second-order valence-electron chi connectivity index (χ2n) is 8.55. The van der Waals surface area contributed by atoms with Crippen LogP contribution in [0.25, 0.3) is 8.25 Å². The van der Waals surface area contributed by atoms with Crippen LogP contribution in [0.3, 0.4) is 0 Å². The second-order valence-corrected chi connectivity index (χ2v) is 15.4. The molecule has 2 heterocycles. The SMILES string of the molecule is COC(C)n1cc[n+](C)c1.COC(C)n1cc[n+](C)c1.O=S(=O)([N-]S(=O)(=O)C(F)(F)F)C(F)(F)F.O=S(=O)([N-]S(=O)(=O)C(F)(F)F)C(F)(F)F. The molecule has 2 rings (SSSR count). The van der Waals surface area contributed by atoms with Crippen LogP contribution in [0.1, 0.15) is 26.3 Å². The lowest BCUT2D eigenvalue weighted by Crippen LogP contribution is -2.30. The van der Waals surface area contributed by atoms with Crippen LogP contribution < -0.4 is 9.13 Å². The third-order valence-electron chi connectivity index (χ3n) is 4.66. The van der Waals surface area contributed by atoms with Crippen LogP contribution in [0.4, 0.5) is 52.7 Å². The first kappa shape index (κ1) is 49.3. The average Bonchev–Trinajstić information content (AvgIpc) is 3.53. The Morgan fingerprint density at radius 3 is 0.840 bits per heavy atom. The van der Waals surface area contributed by atoms with E-state index in [0.717, 1.165) is 8.25 Å². The molecule has 0 bridgehead atoms. The van der Waals surface area contributed by atoms with Crippen molar-refractivity contribution < 1.29 is 105 Å². The van der Waals surface area contributed by atoms with Gasteiger partial charge in [-0.15, -0.1) is 0 Å². The van der Waals surface area contributed by atoms with Gasteiger partial charge >= 0.3 is 22.0 Å². The number of ether oxygens (including phenoxy) is 2. The number of hydrogen-bond donors (Lipinski definition) is 0. The molecule has 0 radical (unpaired) electrons. The van der Waals surface area contributed by atoms with Gasteiger partial charge in [0.2, 0.25) is 12.7 Å². The lowest BCUT2D eigenvalue weighted by molar-refractivity contribution is -0.671. The number of hydrogen-bond acceptors (Lipinski definition) is 10. The van der Waals surface area contributed by atoms with Crippen LogP contribution >= 0.6 is 0 Å². The van der Waals surface area contributed by atoms with Crippen molar-refractivity contribution in [3.05, 3.63) is 45.7 Å². The largest absolute Gasteiger partial charge is 0.480 e. The number of imidazole rings is 2. The number of aryl methyl sites for hydroxylation is 2. The van der Waals surface area contributed by atoms with Gasteiger partial charge in [-0.25, -0.2) is 51.9 Å². The number of halogens is 12. The molecule has 0 fully saturated rings. The normalized spacial score (nSPS) is 14.6. The van der Waals surface area contributed by atoms with Crippen LogP contribution in [-0.2, 0) is 63.7 Å². The lowest BCUT2D eigenvalue weighted by atomic mass is 10.6. The number of sulfonamides is 4. The zero-order valence-corrected chi connectivity index (χ0v) is 28.8. The van der Waals surface area contributed by atoms with Crippen molar-refractivity contribution in [1.29, 1.82) is 0 Å². The van der Waals surface area contributed by atoms with E-state index in [9.17, 15) is 86.4 Å². The number of alkyl halides is 12. The topological polar surface area (TPSA) is 201 Å². The van der Waals surface area contributed by atoms with Gasteiger partial charge in [0.05, 0.1) is 14.1 Å². The van der Waals surface area contributed by atoms with Crippen LogP contribution in [0, 0.1) is 0 Å². The molecule has 2 aromatic rings. The minimum absolute atomic E-state index is 0.126. The summed E-state index contributed by atoms with van der Waals surface area (Å²) in [6.07, 6.45) is 12.1. The van der Waals surface area contributed by atoms with Crippen molar-refractivity contribution in [2.75, 3.05) is 14.2 Å². The van der Waals surface area contributed by atoms with Gasteiger partial charge in [0.1, 0.15) is 24.8 Å². The first-order valence-electron chi connectivity index (χ1n) is 11.7. The Kier molecular flexibility index (Phi) is 17.4. The molecule has 0 aliphatic heterocycles. The summed E-state index contributed by atoms with van der Waals surface area (Å²) in [6.45, 7) is 4.00. The number of aromatic nitrogens is 4. The highest BCUT2D eigenvalue weighted by Crippen LogP contribution is 2.37. The number of rotatable bonds is 8. The monoisotopic (exact) mass is 842 g/mol. The highest BCUT2D eigenvalue weighted by molar-refractivity contribution is 8.13. The van der Waals surface area contributed by atoms with Gasteiger partial charge in [-0.05, 0) is 0 Å². The van der Waals surface area contributed by atoms with Crippen LogP contribution in [-0.4, -0.2) is 79.1 Å². The quantitative estimate of drug-likeness (QED) is 0.281. The Balaban J connectivity index is 0. The first-order valence-corrected chi connectivity index (χ1v) is 17.5. The fraction of sp³-hybridized carbons (Fsp3) is 0.667. The highest BCUT2D eigenvalue weighted by atomic mass is 32.3. The molecule has 0 N–H and O–H groups in total. The van der Waals surface area contributed by atoms with Gasteiger partial charge in [-0.1, -0.05) is 0 Å². The van der Waals surface area contributed by atoms with Gasteiger partial charge in [-0.3, -0.25) is 0 Å². The molecule has 50 heavy (non-hydrogen) atoms. The summed E-state index contributed by atoms with van der Waals surface area (Å²) in [5, 5.41) is 0. The molecule has 2 unspecified atom stereocenters. The predicted octanol–water partition coefficient (Wildman–Crippen LogP) is 3.07. The highest BCUT2D eigenvalue weighted by Gasteiger charge is 2.48. The maximum Gasteiger partial charge on any atom is 0.480 e. The molecule has 0 aromatic carbocycles. The molecule has 0 saturated carbocycles. The second kappa shape index (κ2) is 17.6. The molecule has 0 amide bonds. The number of methoxy groups -OCH3 is 2. The van der Waals surface area contributed by atoms with Crippen molar-refractivity contribution in [1.82, 2.24) is 9.13 Å². The molecule has 32 heteroatoms. The maximum atomic E-state index is 11.4. The standard InChI is InChI=1S/2C7H13N2O.2C2F6NO4S2/c2*1-7(10-3)9-5-4-8(2)6-9;2*3-1(4,5)14(10,11)9-15(12,13)2(6,7)8/h2*4-7H,1-3H3;;/q2*+1;2*-1. The van der Waals surface area contributed by atoms with E-state index in [1.165, 1.54) is 0 Å². The smallest absolute Gasteiger partial charge is 0.421 e. The molecule has 0 aliphatic rings. The molecule has 0 spiro atoms. The fourth-order valence-electron chi connectivity index (χ4n) is 2.04. The summed E-state index contributed by atoms with van der Waals surface area (Å²) in [5.74, 6) is 0. The Morgan fingerprint density at radius 2 is 0.720 bits per heavy atom. The minimum Gasteiger partial charge on any atom is -0.421 e.